The number of hydrazone groups is 1. The average Bonchev–Trinajstić information content (AvgIpc) is 2.86. The normalized spacial score (nSPS) is 28.1. The summed E-state index contributed by atoms with van der Waals surface area (Å²) in [6.07, 6.45) is 6.25. The van der Waals surface area contributed by atoms with Gasteiger partial charge in [0.1, 0.15) is 5.60 Å². The lowest BCUT2D eigenvalue weighted by Gasteiger charge is -2.57. The second kappa shape index (κ2) is 6.78. The Hall–Kier alpha value is -2.31. The first-order chi connectivity index (χ1) is 12.2. The monoisotopic (exact) mass is 360 g/mol. The lowest BCUT2D eigenvalue weighted by Crippen LogP contribution is -2.58. The van der Waals surface area contributed by atoms with E-state index in [1.54, 1.807) is 0 Å². The van der Waals surface area contributed by atoms with Crippen LogP contribution in [0.4, 0.5) is 4.79 Å². The molecule has 2 saturated carbocycles. The van der Waals surface area contributed by atoms with E-state index in [1.807, 2.05) is 50.7 Å². The topological polar surface area (TPSA) is 84.7 Å². The zero-order chi connectivity index (χ0) is 18.9. The van der Waals surface area contributed by atoms with Gasteiger partial charge in [-0.3, -0.25) is 4.79 Å². The molecule has 2 aliphatic rings. The summed E-state index contributed by atoms with van der Waals surface area (Å²) in [5, 5.41) is 7.24. The van der Waals surface area contributed by atoms with Crippen molar-refractivity contribution in [2.24, 2.45) is 23.5 Å². The van der Waals surface area contributed by atoms with Crippen molar-refractivity contribution in [3.05, 3.63) is 24.0 Å². The third kappa shape index (κ3) is 3.92. The lowest BCUT2D eigenvalue weighted by molar-refractivity contribution is -0.109. The zero-order valence-electron chi connectivity index (χ0n) is 15.9. The van der Waals surface area contributed by atoms with Crippen molar-refractivity contribution in [3.63, 3.8) is 0 Å². The van der Waals surface area contributed by atoms with E-state index in [0.717, 1.165) is 37.1 Å². The highest BCUT2D eigenvalue weighted by Gasteiger charge is 2.54. The molecule has 0 bridgehead atoms. The Morgan fingerprint density at radius 2 is 2.04 bits per heavy atom. The average molecular weight is 360 g/mol. The summed E-state index contributed by atoms with van der Waals surface area (Å²) in [5.41, 5.74) is 4.23. The quantitative estimate of drug-likeness (QED) is 0.481. The minimum Gasteiger partial charge on any atom is -0.444 e. The van der Waals surface area contributed by atoms with E-state index in [2.05, 4.69) is 15.8 Å². The first-order valence-corrected chi connectivity index (χ1v) is 9.09. The van der Waals surface area contributed by atoms with Crippen LogP contribution in [-0.2, 0) is 16.6 Å². The van der Waals surface area contributed by atoms with Crippen molar-refractivity contribution in [3.8, 4) is 0 Å². The molecule has 2 amide bonds. The van der Waals surface area contributed by atoms with Crippen LogP contribution in [0, 0.1) is 11.3 Å². The molecule has 0 aliphatic heterocycles. The molecule has 1 heterocycles. The Kier molecular flexibility index (Phi) is 4.82. The minimum atomic E-state index is -0.473. The molecule has 2 aliphatic carbocycles. The van der Waals surface area contributed by atoms with Crippen molar-refractivity contribution in [1.29, 1.82) is 0 Å². The maximum Gasteiger partial charge on any atom is 0.407 e. The first kappa shape index (κ1) is 18.5. The first-order valence-electron chi connectivity index (χ1n) is 9.09. The van der Waals surface area contributed by atoms with Crippen molar-refractivity contribution >= 4 is 18.2 Å². The van der Waals surface area contributed by atoms with E-state index in [0.29, 0.717) is 12.3 Å². The van der Waals surface area contributed by atoms with Gasteiger partial charge in [-0.2, -0.15) is 5.10 Å². The second-order valence-electron chi connectivity index (χ2n) is 8.60. The maximum atomic E-state index is 11.9. The number of alkyl carbamates (subject to hydrolysis) is 1. The third-order valence-corrected chi connectivity index (χ3v) is 5.27. The Morgan fingerprint density at radius 3 is 2.58 bits per heavy atom. The molecular formula is C19H28N4O3. The van der Waals surface area contributed by atoms with E-state index < -0.39 is 5.60 Å². The number of ether oxygens (including phenoxy) is 1. The predicted octanol–water partition coefficient (Wildman–Crippen LogP) is 2.56. The second-order valence-corrected chi connectivity index (χ2v) is 8.60. The van der Waals surface area contributed by atoms with Crippen LogP contribution in [0.2, 0.25) is 0 Å². The number of hydrogen-bond donors (Lipinski definition) is 2. The Bertz CT molecular complexity index is 703. The van der Waals surface area contributed by atoms with Gasteiger partial charge in [-0.15, -0.1) is 0 Å². The number of nitrogens with zero attached hydrogens (tertiary/aromatic N) is 2. The molecule has 2 N–H and O–H groups in total. The highest BCUT2D eigenvalue weighted by molar-refractivity contribution is 6.01. The molecule has 3 rings (SSSR count). The number of amides is 2. The SMILES string of the molecule is Cn1cccc1/C(=N\NC=O)C1CC2(CC(NC(=O)OC(C)(C)C)C2)C1. The highest BCUT2D eigenvalue weighted by atomic mass is 16.6. The number of rotatable bonds is 5. The van der Waals surface area contributed by atoms with Crippen molar-refractivity contribution in [2.45, 2.75) is 58.1 Å². The molecule has 0 atom stereocenters. The van der Waals surface area contributed by atoms with Crippen LogP contribution in [0.1, 0.15) is 52.1 Å². The standard InChI is InChI=1S/C19H28N4O3/c1-18(2,3)26-17(25)21-14-10-19(11-14)8-13(9-19)16(22-20-12-24)15-6-5-7-23(15)4/h5-7,12-14H,8-11H2,1-4H3,(H,20,24)(H,21,25)/b22-16-. The third-order valence-electron chi connectivity index (χ3n) is 5.27. The fourth-order valence-corrected chi connectivity index (χ4v) is 4.25. The Labute approximate surface area is 154 Å². The van der Waals surface area contributed by atoms with Crippen LogP contribution in [0.3, 0.4) is 0 Å². The molecule has 0 aromatic carbocycles. The summed E-state index contributed by atoms with van der Waals surface area (Å²) in [4.78, 5) is 22.5. The Morgan fingerprint density at radius 1 is 1.35 bits per heavy atom. The molecule has 0 saturated heterocycles. The largest absolute Gasteiger partial charge is 0.444 e. The van der Waals surface area contributed by atoms with Crippen LogP contribution in [0.15, 0.2) is 23.4 Å². The fraction of sp³-hybridized carbons (Fsp3) is 0.632. The molecule has 0 radical (unpaired) electrons. The lowest BCUT2D eigenvalue weighted by atomic mass is 9.49. The molecule has 0 unspecified atom stereocenters. The van der Waals surface area contributed by atoms with Crippen LogP contribution < -0.4 is 10.7 Å². The Balaban J connectivity index is 1.53. The van der Waals surface area contributed by atoms with Gasteiger partial charge in [-0.1, -0.05) is 0 Å². The van der Waals surface area contributed by atoms with Gasteiger partial charge in [0.25, 0.3) is 0 Å². The molecular weight excluding hydrogens is 332 g/mol. The highest BCUT2D eigenvalue weighted by Crippen LogP contribution is 2.59. The van der Waals surface area contributed by atoms with Gasteiger partial charge < -0.3 is 14.6 Å². The van der Waals surface area contributed by atoms with E-state index in [1.165, 1.54) is 0 Å². The van der Waals surface area contributed by atoms with Gasteiger partial charge in [0.2, 0.25) is 6.41 Å². The zero-order valence-corrected chi connectivity index (χ0v) is 15.9. The predicted molar refractivity (Wildman–Crippen MR) is 98.7 cm³/mol. The van der Waals surface area contributed by atoms with Crippen LogP contribution in [0.25, 0.3) is 0 Å². The van der Waals surface area contributed by atoms with Gasteiger partial charge in [0, 0.05) is 25.2 Å². The van der Waals surface area contributed by atoms with Gasteiger partial charge in [-0.25, -0.2) is 10.2 Å². The molecule has 26 heavy (non-hydrogen) atoms. The number of aromatic nitrogens is 1. The van der Waals surface area contributed by atoms with Crippen LogP contribution in [0.5, 0.6) is 0 Å². The number of nitrogens with one attached hydrogen (secondary N) is 2. The summed E-state index contributed by atoms with van der Waals surface area (Å²) in [6, 6.07) is 4.18. The molecule has 7 heteroatoms. The summed E-state index contributed by atoms with van der Waals surface area (Å²) in [7, 11) is 1.98. The minimum absolute atomic E-state index is 0.189. The van der Waals surface area contributed by atoms with E-state index in [4.69, 9.17) is 4.74 Å². The molecule has 1 aromatic rings. The number of carbonyl (C=O) groups excluding carboxylic acids is 2. The summed E-state index contributed by atoms with van der Waals surface area (Å²) >= 11 is 0. The van der Waals surface area contributed by atoms with E-state index >= 15 is 0 Å². The van der Waals surface area contributed by atoms with Gasteiger partial charge in [0.05, 0.1) is 11.4 Å². The summed E-state index contributed by atoms with van der Waals surface area (Å²) < 4.78 is 7.33. The van der Waals surface area contributed by atoms with Gasteiger partial charge in [0.15, 0.2) is 0 Å². The van der Waals surface area contributed by atoms with E-state index in [-0.39, 0.29) is 17.6 Å². The van der Waals surface area contributed by atoms with Gasteiger partial charge >= 0.3 is 6.09 Å². The number of hydrogen-bond acceptors (Lipinski definition) is 4. The summed E-state index contributed by atoms with van der Waals surface area (Å²) in [6.45, 7) is 5.59. The molecule has 142 valence electrons. The van der Waals surface area contributed by atoms with Crippen LogP contribution >= 0.6 is 0 Å². The molecule has 1 aromatic heterocycles. The smallest absolute Gasteiger partial charge is 0.407 e. The molecule has 1 spiro atoms. The van der Waals surface area contributed by atoms with Crippen LogP contribution in [-0.4, -0.2) is 34.4 Å². The summed E-state index contributed by atoms with van der Waals surface area (Å²) in [5.74, 6) is 0.332. The molecule has 7 nitrogen and oxygen atoms in total. The fourth-order valence-electron chi connectivity index (χ4n) is 4.25. The van der Waals surface area contributed by atoms with Crippen molar-refractivity contribution in [2.75, 3.05) is 0 Å². The number of aryl methyl sites for hydroxylation is 1. The van der Waals surface area contributed by atoms with Crippen molar-refractivity contribution < 1.29 is 14.3 Å². The number of carbonyl (C=O) groups is 2. The van der Waals surface area contributed by atoms with Crippen molar-refractivity contribution in [1.82, 2.24) is 15.3 Å². The van der Waals surface area contributed by atoms with E-state index in [9.17, 15) is 9.59 Å². The maximum absolute atomic E-state index is 11.9. The van der Waals surface area contributed by atoms with Gasteiger partial charge in [-0.05, 0) is 64.0 Å². The molecule has 2 fully saturated rings.